The van der Waals surface area contributed by atoms with Crippen molar-refractivity contribution in [3.63, 3.8) is 0 Å². The van der Waals surface area contributed by atoms with E-state index in [1.165, 1.54) is 0 Å². The van der Waals surface area contributed by atoms with Gasteiger partial charge in [0.25, 0.3) is 0 Å². The highest BCUT2D eigenvalue weighted by Gasteiger charge is 2.01. The lowest BCUT2D eigenvalue weighted by Gasteiger charge is -2.04. The first-order valence-corrected chi connectivity index (χ1v) is 8.20. The number of carbonyl (C=O) groups excluding carboxylic acids is 1. The Balaban J connectivity index is 3.57. The number of amides is 1. The van der Waals surface area contributed by atoms with Crippen molar-refractivity contribution in [2.24, 2.45) is 0 Å². The summed E-state index contributed by atoms with van der Waals surface area (Å²) in [5.74, 6) is -0.844. The number of hydrogen-bond donors (Lipinski definition) is 3. The molecule has 0 aliphatic rings. The minimum atomic E-state index is -0.844. The minimum Gasteiger partial charge on any atom is -0.481 e. The molecule has 6 heteroatoms. The molecule has 0 fully saturated rings. The second-order valence-corrected chi connectivity index (χ2v) is 5.24. The van der Waals surface area contributed by atoms with E-state index in [1.54, 1.807) is 24.3 Å². The van der Waals surface area contributed by atoms with Crippen molar-refractivity contribution in [1.29, 1.82) is 0 Å². The first kappa shape index (κ1) is 21.2. The summed E-state index contributed by atoms with van der Waals surface area (Å²) in [7, 11) is 0. The molecule has 0 aliphatic carbocycles. The predicted octanol–water partition coefficient (Wildman–Crippen LogP) is 3.02. The lowest BCUT2D eigenvalue weighted by atomic mass is 10.1. The second kappa shape index (κ2) is 15.1. The Morgan fingerprint density at radius 1 is 1.17 bits per heavy atom. The number of unbranched alkanes of at least 4 members (excludes halogenated alkanes) is 3. The molecule has 0 bridgehead atoms. The van der Waals surface area contributed by atoms with Crippen LogP contribution in [0.15, 0.2) is 24.3 Å². The Labute approximate surface area is 138 Å². The Hall–Kier alpha value is -1.82. The van der Waals surface area contributed by atoms with Crippen LogP contribution in [0, 0.1) is 0 Å². The largest absolute Gasteiger partial charge is 0.481 e. The lowest BCUT2D eigenvalue weighted by Crippen LogP contribution is -2.24. The number of nitrogens with one attached hydrogen (secondary N) is 1. The molecular weight excluding hydrogens is 298 g/mol. The number of aliphatic carboxylic acids is 1. The van der Waals surface area contributed by atoms with Crippen LogP contribution < -0.4 is 5.32 Å². The number of carbonyl (C=O) groups is 2. The SMILES string of the molecule is CCCCC[C@H](O)/C=C/C=C\CNC(=O)OCCCCC(=O)O. The number of allylic oxidation sites excluding steroid dienone is 2. The molecule has 0 spiro atoms. The molecule has 1 atom stereocenters. The maximum atomic E-state index is 11.3. The molecule has 0 unspecified atom stereocenters. The van der Waals surface area contributed by atoms with Crippen LogP contribution in [-0.4, -0.2) is 41.5 Å². The zero-order chi connectivity index (χ0) is 17.3. The smallest absolute Gasteiger partial charge is 0.407 e. The van der Waals surface area contributed by atoms with E-state index < -0.39 is 18.2 Å². The van der Waals surface area contributed by atoms with Gasteiger partial charge in [0.05, 0.1) is 12.7 Å². The maximum Gasteiger partial charge on any atom is 0.407 e. The molecule has 6 nitrogen and oxygen atoms in total. The molecule has 0 aliphatic heterocycles. The van der Waals surface area contributed by atoms with Gasteiger partial charge in [0, 0.05) is 13.0 Å². The van der Waals surface area contributed by atoms with Crippen LogP contribution in [0.5, 0.6) is 0 Å². The van der Waals surface area contributed by atoms with Gasteiger partial charge in [-0.1, -0.05) is 50.5 Å². The number of ether oxygens (including phenoxy) is 1. The molecule has 132 valence electrons. The number of carboxylic acid groups (broad SMARTS) is 1. The van der Waals surface area contributed by atoms with E-state index in [0.29, 0.717) is 19.4 Å². The first-order chi connectivity index (χ1) is 11.1. The van der Waals surface area contributed by atoms with Crippen molar-refractivity contribution in [1.82, 2.24) is 5.32 Å². The fourth-order valence-corrected chi connectivity index (χ4v) is 1.78. The van der Waals surface area contributed by atoms with Gasteiger partial charge in [0.2, 0.25) is 0 Å². The third-order valence-corrected chi connectivity index (χ3v) is 3.07. The summed E-state index contributed by atoms with van der Waals surface area (Å²) < 4.78 is 4.89. The van der Waals surface area contributed by atoms with Gasteiger partial charge in [-0.15, -0.1) is 0 Å². The first-order valence-electron chi connectivity index (χ1n) is 8.20. The molecule has 0 aromatic heterocycles. The fourth-order valence-electron chi connectivity index (χ4n) is 1.78. The van der Waals surface area contributed by atoms with Crippen molar-refractivity contribution >= 4 is 12.1 Å². The van der Waals surface area contributed by atoms with E-state index in [-0.39, 0.29) is 13.0 Å². The summed E-state index contributed by atoms with van der Waals surface area (Å²) in [6, 6.07) is 0. The van der Waals surface area contributed by atoms with Crippen LogP contribution >= 0.6 is 0 Å². The molecule has 0 aromatic carbocycles. The Bertz CT molecular complexity index is 379. The third kappa shape index (κ3) is 16.4. The van der Waals surface area contributed by atoms with Crippen molar-refractivity contribution < 1.29 is 24.5 Å². The van der Waals surface area contributed by atoms with Crippen molar-refractivity contribution in [3.05, 3.63) is 24.3 Å². The summed E-state index contributed by atoms with van der Waals surface area (Å²) in [5.41, 5.74) is 0. The minimum absolute atomic E-state index is 0.0876. The molecule has 1 amide bonds. The van der Waals surface area contributed by atoms with Crippen LogP contribution in [0.2, 0.25) is 0 Å². The fraction of sp³-hybridized carbons (Fsp3) is 0.647. The standard InChI is InChI=1S/C17H29NO5/c1-2-3-5-10-15(19)11-6-4-8-13-18-17(22)23-14-9-7-12-16(20)21/h4,6,8,11,15,19H,2-3,5,7,9-10,12-14H2,1H3,(H,18,22)(H,20,21)/b8-4-,11-6+/t15-/m0/s1. The molecule has 23 heavy (non-hydrogen) atoms. The van der Waals surface area contributed by atoms with Gasteiger partial charge in [-0.25, -0.2) is 4.79 Å². The average molecular weight is 327 g/mol. The van der Waals surface area contributed by atoms with Gasteiger partial charge in [0.15, 0.2) is 0 Å². The van der Waals surface area contributed by atoms with Crippen LogP contribution in [-0.2, 0) is 9.53 Å². The zero-order valence-electron chi connectivity index (χ0n) is 13.9. The number of rotatable bonds is 13. The summed E-state index contributed by atoms with van der Waals surface area (Å²) in [6.45, 7) is 2.68. The predicted molar refractivity (Wildman–Crippen MR) is 89.3 cm³/mol. The summed E-state index contributed by atoms with van der Waals surface area (Å²) >= 11 is 0. The second-order valence-electron chi connectivity index (χ2n) is 5.24. The highest BCUT2D eigenvalue weighted by molar-refractivity contribution is 5.67. The van der Waals surface area contributed by atoms with E-state index in [2.05, 4.69) is 12.2 Å². The van der Waals surface area contributed by atoms with Crippen molar-refractivity contribution in [2.45, 2.75) is 58.0 Å². The third-order valence-electron chi connectivity index (χ3n) is 3.07. The van der Waals surface area contributed by atoms with Crippen LogP contribution in [0.3, 0.4) is 0 Å². The van der Waals surface area contributed by atoms with Crippen molar-refractivity contribution in [2.75, 3.05) is 13.2 Å². The topological polar surface area (TPSA) is 95.9 Å². The number of alkyl carbamates (subject to hydrolysis) is 1. The van der Waals surface area contributed by atoms with Crippen LogP contribution in [0.1, 0.15) is 51.9 Å². The molecular formula is C17H29NO5. The van der Waals surface area contributed by atoms with E-state index in [1.807, 2.05) is 0 Å². The molecule has 0 saturated carbocycles. The van der Waals surface area contributed by atoms with Crippen LogP contribution in [0.4, 0.5) is 4.79 Å². The van der Waals surface area contributed by atoms with Crippen LogP contribution in [0.25, 0.3) is 0 Å². The average Bonchev–Trinajstić information content (AvgIpc) is 2.50. The van der Waals surface area contributed by atoms with Gasteiger partial charge in [-0.3, -0.25) is 4.79 Å². The van der Waals surface area contributed by atoms with E-state index in [0.717, 1.165) is 25.7 Å². The molecule has 3 N–H and O–H groups in total. The van der Waals surface area contributed by atoms with Gasteiger partial charge < -0.3 is 20.3 Å². The number of aliphatic hydroxyl groups is 1. The van der Waals surface area contributed by atoms with Gasteiger partial charge >= 0.3 is 12.1 Å². The quantitative estimate of drug-likeness (QED) is 0.357. The number of hydrogen-bond acceptors (Lipinski definition) is 4. The van der Waals surface area contributed by atoms with E-state index in [9.17, 15) is 14.7 Å². The molecule has 0 heterocycles. The van der Waals surface area contributed by atoms with Gasteiger partial charge in [-0.2, -0.15) is 0 Å². The van der Waals surface area contributed by atoms with E-state index in [4.69, 9.17) is 9.84 Å². The van der Waals surface area contributed by atoms with E-state index >= 15 is 0 Å². The zero-order valence-corrected chi connectivity index (χ0v) is 13.9. The van der Waals surface area contributed by atoms with Gasteiger partial charge in [-0.05, 0) is 19.3 Å². The Morgan fingerprint density at radius 2 is 1.96 bits per heavy atom. The highest BCUT2D eigenvalue weighted by atomic mass is 16.5. The normalized spacial score (nSPS) is 12.6. The number of aliphatic hydroxyl groups excluding tert-OH is 1. The number of carboxylic acids is 1. The monoisotopic (exact) mass is 327 g/mol. The Morgan fingerprint density at radius 3 is 2.65 bits per heavy atom. The molecule has 0 saturated heterocycles. The summed E-state index contributed by atoms with van der Waals surface area (Å²) in [5, 5.41) is 20.6. The van der Waals surface area contributed by atoms with Gasteiger partial charge in [0.1, 0.15) is 0 Å². The Kier molecular flexibility index (Phi) is 13.9. The summed E-state index contributed by atoms with van der Waals surface area (Å²) in [6.07, 6.45) is 11.2. The molecule has 0 rings (SSSR count). The maximum absolute atomic E-state index is 11.3. The van der Waals surface area contributed by atoms with Crippen molar-refractivity contribution in [3.8, 4) is 0 Å². The lowest BCUT2D eigenvalue weighted by molar-refractivity contribution is -0.137. The molecule has 0 aromatic rings. The highest BCUT2D eigenvalue weighted by Crippen LogP contribution is 2.04. The molecule has 0 radical (unpaired) electrons. The summed E-state index contributed by atoms with van der Waals surface area (Å²) in [4.78, 5) is 21.6.